The van der Waals surface area contributed by atoms with Crippen molar-refractivity contribution in [1.29, 1.82) is 0 Å². The molecule has 0 saturated heterocycles. The van der Waals surface area contributed by atoms with Crippen LogP contribution in [0.15, 0.2) is 108 Å². The van der Waals surface area contributed by atoms with Gasteiger partial charge in [0.15, 0.2) is 24.4 Å². The first-order valence-corrected chi connectivity index (χ1v) is 18.3. The molecule has 0 bridgehead atoms. The number of carbonyl (C=O) groups excluding carboxylic acids is 5. The number of halogens is 3. The quantitative estimate of drug-likeness (QED) is 0.120. The van der Waals surface area contributed by atoms with Crippen molar-refractivity contribution in [3.8, 4) is 0 Å². The highest BCUT2D eigenvalue weighted by atomic mass is 19.4. The highest BCUT2D eigenvalue weighted by Crippen LogP contribution is 2.47. The van der Waals surface area contributed by atoms with Crippen molar-refractivity contribution in [1.82, 2.24) is 0 Å². The van der Waals surface area contributed by atoms with Crippen molar-refractivity contribution in [3.63, 3.8) is 0 Å². The van der Waals surface area contributed by atoms with E-state index in [0.717, 1.165) is 26.0 Å². The number of benzene rings is 2. The van der Waals surface area contributed by atoms with Crippen LogP contribution in [-0.2, 0) is 57.9 Å². The van der Waals surface area contributed by atoms with Crippen LogP contribution in [0.5, 0.6) is 0 Å². The Morgan fingerprint density at radius 2 is 1.45 bits per heavy atom. The van der Waals surface area contributed by atoms with E-state index < -0.39 is 89.7 Å². The first kappa shape index (κ1) is 45.0. The maximum Gasteiger partial charge on any atom is 0.432 e. The van der Waals surface area contributed by atoms with Gasteiger partial charge in [0.05, 0.1) is 17.7 Å². The van der Waals surface area contributed by atoms with E-state index in [9.17, 15) is 24.0 Å². The smallest absolute Gasteiger partial charge is 0.432 e. The van der Waals surface area contributed by atoms with Gasteiger partial charge < -0.3 is 33.2 Å². The Hall–Kier alpha value is -5.70. The summed E-state index contributed by atoms with van der Waals surface area (Å²) in [6, 6.07) is 13.9. The van der Waals surface area contributed by atoms with Crippen molar-refractivity contribution in [3.05, 3.63) is 119 Å². The van der Waals surface area contributed by atoms with E-state index in [0.29, 0.717) is 18.3 Å². The molecule has 0 N–H and O–H groups in total. The van der Waals surface area contributed by atoms with Gasteiger partial charge in [0.2, 0.25) is 0 Å². The van der Waals surface area contributed by atoms with Gasteiger partial charge in [0.1, 0.15) is 0 Å². The monoisotopic (exact) mass is 812 g/mol. The number of rotatable bonds is 12. The van der Waals surface area contributed by atoms with Gasteiger partial charge in [-0.05, 0) is 63.5 Å². The minimum atomic E-state index is -5.39. The maximum absolute atomic E-state index is 15.2. The number of fused-ring (bicyclic) bond motifs is 1. The largest absolute Gasteiger partial charge is 0.462 e. The fourth-order valence-electron chi connectivity index (χ4n) is 7.07. The van der Waals surface area contributed by atoms with E-state index >= 15 is 13.2 Å². The molecule has 1 aliphatic heterocycles. The number of esters is 5. The van der Waals surface area contributed by atoms with Crippen LogP contribution in [0.2, 0.25) is 0 Å². The summed E-state index contributed by atoms with van der Waals surface area (Å²) in [5.74, 6) is -7.29. The molecule has 0 spiro atoms. The van der Waals surface area contributed by atoms with Gasteiger partial charge in [-0.1, -0.05) is 66.3 Å². The number of ether oxygens (including phenoxy) is 7. The minimum absolute atomic E-state index is 0.0804. The molecule has 58 heavy (non-hydrogen) atoms. The number of alkyl halides is 3. The summed E-state index contributed by atoms with van der Waals surface area (Å²) in [5, 5.41) is 0. The molecule has 12 nitrogen and oxygen atoms in total. The van der Waals surface area contributed by atoms with E-state index in [1.165, 1.54) is 49.6 Å². The van der Waals surface area contributed by atoms with Gasteiger partial charge in [-0.15, -0.1) is 0 Å². The molecule has 1 aliphatic carbocycles. The third-order valence-electron chi connectivity index (χ3n) is 9.54. The molecule has 15 heteroatoms. The predicted octanol–water partition coefficient (Wildman–Crippen LogP) is 7.39. The Morgan fingerprint density at radius 1 is 0.845 bits per heavy atom. The first-order valence-electron chi connectivity index (χ1n) is 18.3. The second kappa shape index (κ2) is 19.2. The van der Waals surface area contributed by atoms with Crippen LogP contribution in [0.4, 0.5) is 13.2 Å². The molecule has 0 aromatic heterocycles. The van der Waals surface area contributed by atoms with Crippen molar-refractivity contribution in [2.75, 3.05) is 7.11 Å². The summed E-state index contributed by atoms with van der Waals surface area (Å²) in [5.41, 5.74) is -2.95. The minimum Gasteiger partial charge on any atom is -0.462 e. The number of hydrogen-bond donors (Lipinski definition) is 0. The first-order chi connectivity index (χ1) is 27.3. The summed E-state index contributed by atoms with van der Waals surface area (Å²) in [6.45, 7) is 12.8. The molecule has 4 rings (SSSR count). The molecule has 0 radical (unpaired) electrons. The summed E-state index contributed by atoms with van der Waals surface area (Å²) >= 11 is 0. The van der Waals surface area contributed by atoms with Crippen molar-refractivity contribution in [2.24, 2.45) is 11.8 Å². The van der Waals surface area contributed by atoms with Crippen molar-refractivity contribution in [2.45, 2.75) is 96.9 Å². The lowest BCUT2D eigenvalue weighted by molar-refractivity contribution is -0.278. The molecule has 2 aliphatic rings. The molecule has 8 atom stereocenters. The van der Waals surface area contributed by atoms with Gasteiger partial charge >= 0.3 is 36.0 Å². The average molecular weight is 813 g/mol. The lowest BCUT2D eigenvalue weighted by atomic mass is 9.73. The lowest BCUT2D eigenvalue weighted by Crippen LogP contribution is -2.54. The molecule has 1 heterocycles. The van der Waals surface area contributed by atoms with Crippen molar-refractivity contribution < 1.29 is 70.3 Å². The van der Waals surface area contributed by atoms with Crippen LogP contribution in [-0.4, -0.2) is 73.8 Å². The molecule has 0 fully saturated rings. The van der Waals surface area contributed by atoms with Gasteiger partial charge in [-0.3, -0.25) is 14.4 Å². The zero-order valence-corrected chi connectivity index (χ0v) is 33.2. The number of allylic oxidation sites excluding steroid dienone is 2. The maximum atomic E-state index is 15.2. The average Bonchev–Trinajstić information content (AvgIpc) is 3.18. The van der Waals surface area contributed by atoms with E-state index in [-0.39, 0.29) is 29.6 Å². The Bertz CT molecular complexity index is 1930. The highest BCUT2D eigenvalue weighted by molar-refractivity contribution is 5.89. The zero-order valence-electron chi connectivity index (χ0n) is 33.2. The standard InChI is InChI=1S/C43H47F3O12/c1-24(2)21-34(54-27(5)47)38(55-28(6)48)33-23-53-40(56-29(7)49)36-26(4)37(58-41(51)42(52-8,43(44,45)46)31-17-13-10-14-18-31)35(22-25(3)19-20-32(33)36)57-39(50)30-15-11-9-12-16-30/h9-18,21-23,32,34-38,40H,4,19-20H2,1-3,5-8H3/b25-22+/t32-,34-,35+,36+,37+,38+,40-,42+/m1/s1. The highest BCUT2D eigenvalue weighted by Gasteiger charge is 2.65. The van der Waals surface area contributed by atoms with Crippen LogP contribution < -0.4 is 0 Å². The topological polar surface area (TPSA) is 150 Å². The van der Waals surface area contributed by atoms with Crippen LogP contribution >= 0.6 is 0 Å². The lowest BCUT2D eigenvalue weighted by Gasteiger charge is -2.43. The number of carbonyl (C=O) groups is 5. The number of hydrogen-bond acceptors (Lipinski definition) is 12. The molecule has 0 saturated carbocycles. The van der Waals surface area contributed by atoms with Crippen LogP contribution in [0.25, 0.3) is 0 Å². The second-order valence-corrected chi connectivity index (χ2v) is 14.1. The molecule has 312 valence electrons. The van der Waals surface area contributed by atoms with E-state index in [2.05, 4.69) is 6.58 Å². The zero-order chi connectivity index (χ0) is 42.9. The Kier molecular flexibility index (Phi) is 14.9. The SMILES string of the molecule is C=C1[C@@H]2[C@@H](OC(C)=O)OC=C([C@H](OC(C)=O)[C@@H](C=C(C)C)OC(C)=O)[C@H]2CC/C(C)=C/[C@H](OC(=O)c2ccccc2)[C@H]1OC(=O)[C@@](OC)(c1ccccc1)C(F)(F)F. The van der Waals surface area contributed by atoms with Gasteiger partial charge in [-0.2, -0.15) is 13.2 Å². The summed E-state index contributed by atoms with van der Waals surface area (Å²) in [4.78, 5) is 65.5. The molecule has 2 aromatic rings. The van der Waals surface area contributed by atoms with E-state index in [1.54, 1.807) is 45.0 Å². The Balaban J connectivity index is 1.98. The van der Waals surface area contributed by atoms with Gasteiger partial charge in [0.25, 0.3) is 11.9 Å². The van der Waals surface area contributed by atoms with Crippen LogP contribution in [0.3, 0.4) is 0 Å². The third-order valence-corrected chi connectivity index (χ3v) is 9.54. The molecular formula is C43H47F3O12. The fraction of sp³-hybridized carbons (Fsp3) is 0.419. The Morgan fingerprint density at radius 3 is 1.98 bits per heavy atom. The number of methoxy groups -OCH3 is 1. The van der Waals surface area contributed by atoms with E-state index in [4.69, 9.17) is 33.2 Å². The van der Waals surface area contributed by atoms with Gasteiger partial charge in [-0.25, -0.2) is 9.59 Å². The summed E-state index contributed by atoms with van der Waals surface area (Å²) in [6.07, 6.45) is -8.41. The van der Waals surface area contributed by atoms with Crippen LogP contribution in [0, 0.1) is 11.8 Å². The molecule has 0 amide bonds. The normalized spacial score (nSPS) is 23.7. The summed E-state index contributed by atoms with van der Waals surface area (Å²) < 4.78 is 85.5. The third kappa shape index (κ3) is 10.4. The summed E-state index contributed by atoms with van der Waals surface area (Å²) in [7, 11) is 0.705. The van der Waals surface area contributed by atoms with E-state index in [1.807, 2.05) is 0 Å². The van der Waals surface area contributed by atoms with Gasteiger partial charge in [0, 0.05) is 44.9 Å². The second-order valence-electron chi connectivity index (χ2n) is 14.1. The Labute approximate surface area is 334 Å². The van der Waals surface area contributed by atoms with Crippen molar-refractivity contribution >= 4 is 29.8 Å². The van der Waals surface area contributed by atoms with Crippen LogP contribution in [0.1, 0.15) is 70.3 Å². The predicted molar refractivity (Wildman–Crippen MR) is 201 cm³/mol. The molecular weight excluding hydrogens is 765 g/mol. The molecule has 0 unspecified atom stereocenters. The molecule has 2 aromatic carbocycles. The fourth-order valence-corrected chi connectivity index (χ4v) is 7.07.